The van der Waals surface area contributed by atoms with Crippen molar-refractivity contribution in [3.05, 3.63) is 82.3 Å². The fourth-order valence-corrected chi connectivity index (χ4v) is 2.55. The summed E-state index contributed by atoms with van der Waals surface area (Å²) in [4.78, 5) is 12.0. The van der Waals surface area contributed by atoms with Crippen molar-refractivity contribution in [1.29, 1.82) is 0 Å². The van der Waals surface area contributed by atoms with E-state index in [0.29, 0.717) is 5.56 Å². The first-order chi connectivity index (χ1) is 10.7. The molecule has 0 spiro atoms. The summed E-state index contributed by atoms with van der Waals surface area (Å²) in [5.41, 5.74) is 4.03. The van der Waals surface area contributed by atoms with Crippen molar-refractivity contribution >= 4 is 38.8 Å². The number of amides is 1. The molecule has 0 aliphatic rings. The minimum Gasteiger partial charge on any atom is -0.267 e. The number of nitrogens with zero attached hydrogens (tertiary/aromatic N) is 1. The van der Waals surface area contributed by atoms with E-state index in [4.69, 9.17) is 0 Å². The molecule has 3 aromatic carbocycles. The Hall–Kier alpha value is -2.46. The highest BCUT2D eigenvalue weighted by atomic mass is 79.9. The summed E-state index contributed by atoms with van der Waals surface area (Å²) in [6.45, 7) is 0. The zero-order valence-electron chi connectivity index (χ0n) is 11.7. The minimum absolute atomic E-state index is 0.238. The van der Waals surface area contributed by atoms with Crippen LogP contribution in [-0.4, -0.2) is 12.1 Å². The van der Waals surface area contributed by atoms with Gasteiger partial charge in [-0.3, -0.25) is 4.79 Å². The number of benzene rings is 3. The van der Waals surface area contributed by atoms with E-state index < -0.39 is 0 Å². The summed E-state index contributed by atoms with van der Waals surface area (Å²) in [5, 5.41) is 6.34. The van der Waals surface area contributed by atoms with Crippen LogP contribution in [0.1, 0.15) is 15.9 Å². The number of carbonyl (C=O) groups excluding carboxylic acids is 1. The number of fused-ring (bicyclic) bond motifs is 1. The molecule has 1 amide bonds. The van der Waals surface area contributed by atoms with Gasteiger partial charge in [-0.15, -0.1) is 0 Å². The molecule has 3 nitrogen and oxygen atoms in total. The minimum atomic E-state index is -0.238. The first-order valence-corrected chi connectivity index (χ1v) is 7.59. The maximum atomic E-state index is 12.0. The van der Waals surface area contributed by atoms with Gasteiger partial charge < -0.3 is 0 Å². The predicted octanol–water partition coefficient (Wildman–Crippen LogP) is 4.37. The van der Waals surface area contributed by atoms with E-state index in [2.05, 4.69) is 32.5 Å². The van der Waals surface area contributed by atoms with Gasteiger partial charge in [0.1, 0.15) is 0 Å². The highest BCUT2D eigenvalue weighted by molar-refractivity contribution is 9.10. The van der Waals surface area contributed by atoms with E-state index in [1.807, 2.05) is 48.5 Å². The highest BCUT2D eigenvalue weighted by Gasteiger charge is 2.03. The molecule has 0 saturated carbocycles. The number of hydrogen-bond donors (Lipinski definition) is 1. The average molecular weight is 353 g/mol. The van der Waals surface area contributed by atoms with Gasteiger partial charge in [-0.25, -0.2) is 5.43 Å². The molecule has 4 heteroatoms. The van der Waals surface area contributed by atoms with Crippen molar-refractivity contribution in [3.8, 4) is 0 Å². The van der Waals surface area contributed by atoms with Crippen LogP contribution in [0.4, 0.5) is 0 Å². The maximum absolute atomic E-state index is 12.0. The fraction of sp³-hybridized carbons (Fsp3) is 0. The Morgan fingerprint density at radius 3 is 2.59 bits per heavy atom. The molecule has 0 atom stereocenters. The Morgan fingerprint density at radius 1 is 0.955 bits per heavy atom. The van der Waals surface area contributed by atoms with E-state index in [1.54, 1.807) is 18.3 Å². The predicted molar refractivity (Wildman–Crippen MR) is 93.2 cm³/mol. The van der Waals surface area contributed by atoms with Gasteiger partial charge >= 0.3 is 0 Å². The third kappa shape index (κ3) is 3.40. The van der Waals surface area contributed by atoms with Gasteiger partial charge in [-0.1, -0.05) is 58.4 Å². The van der Waals surface area contributed by atoms with Gasteiger partial charge in [-0.05, 0) is 40.6 Å². The summed E-state index contributed by atoms with van der Waals surface area (Å²) in [7, 11) is 0. The van der Waals surface area contributed by atoms with Crippen LogP contribution in [0.15, 0.2) is 76.3 Å². The van der Waals surface area contributed by atoms with Gasteiger partial charge in [0, 0.05) is 10.0 Å². The Labute approximate surface area is 136 Å². The van der Waals surface area contributed by atoms with Crippen LogP contribution in [0.5, 0.6) is 0 Å². The molecule has 0 fully saturated rings. The smallest absolute Gasteiger partial charge is 0.267 e. The van der Waals surface area contributed by atoms with E-state index in [0.717, 1.165) is 15.4 Å². The zero-order chi connectivity index (χ0) is 15.4. The van der Waals surface area contributed by atoms with E-state index in [9.17, 15) is 4.79 Å². The summed E-state index contributed by atoms with van der Waals surface area (Å²) < 4.78 is 0.860. The topological polar surface area (TPSA) is 41.5 Å². The Kier molecular flexibility index (Phi) is 4.30. The monoisotopic (exact) mass is 352 g/mol. The molecule has 0 unspecified atom stereocenters. The molecule has 108 valence electrons. The van der Waals surface area contributed by atoms with Gasteiger partial charge in [-0.2, -0.15) is 5.10 Å². The highest BCUT2D eigenvalue weighted by Crippen LogP contribution is 2.14. The lowest BCUT2D eigenvalue weighted by molar-refractivity contribution is 0.0955. The molecule has 0 aromatic heterocycles. The first kappa shape index (κ1) is 14.5. The van der Waals surface area contributed by atoms with Crippen molar-refractivity contribution in [2.45, 2.75) is 0 Å². The van der Waals surface area contributed by atoms with Crippen molar-refractivity contribution in [3.63, 3.8) is 0 Å². The van der Waals surface area contributed by atoms with Crippen LogP contribution < -0.4 is 5.43 Å². The van der Waals surface area contributed by atoms with Gasteiger partial charge in [0.15, 0.2) is 0 Å². The van der Waals surface area contributed by atoms with Crippen molar-refractivity contribution in [2.75, 3.05) is 0 Å². The molecular formula is C18H13BrN2O. The first-order valence-electron chi connectivity index (χ1n) is 6.80. The molecule has 1 N–H and O–H groups in total. The summed E-state index contributed by atoms with van der Waals surface area (Å²) in [6, 6.07) is 21.3. The molecule has 0 aliphatic heterocycles. The van der Waals surface area contributed by atoms with Crippen LogP contribution in [-0.2, 0) is 0 Å². The van der Waals surface area contributed by atoms with Gasteiger partial charge in [0.25, 0.3) is 5.91 Å². The number of hydrogen-bond acceptors (Lipinski definition) is 2. The van der Waals surface area contributed by atoms with Gasteiger partial charge in [0.05, 0.1) is 6.21 Å². The molecule has 0 saturated heterocycles. The molecule has 0 aliphatic carbocycles. The zero-order valence-corrected chi connectivity index (χ0v) is 13.2. The van der Waals surface area contributed by atoms with E-state index >= 15 is 0 Å². The summed E-state index contributed by atoms with van der Waals surface area (Å²) in [6.07, 6.45) is 1.64. The number of nitrogens with one attached hydrogen (secondary N) is 1. The van der Waals surface area contributed by atoms with E-state index in [-0.39, 0.29) is 5.91 Å². The van der Waals surface area contributed by atoms with Crippen LogP contribution in [0.2, 0.25) is 0 Å². The molecule has 0 heterocycles. The maximum Gasteiger partial charge on any atom is 0.271 e. The van der Waals surface area contributed by atoms with Gasteiger partial charge in [0.2, 0.25) is 0 Å². The number of rotatable bonds is 3. The molecule has 0 bridgehead atoms. The van der Waals surface area contributed by atoms with E-state index in [1.165, 1.54) is 5.39 Å². The second kappa shape index (κ2) is 6.54. The Morgan fingerprint density at radius 2 is 1.77 bits per heavy atom. The average Bonchev–Trinajstić information content (AvgIpc) is 2.54. The van der Waals surface area contributed by atoms with Crippen molar-refractivity contribution in [1.82, 2.24) is 5.43 Å². The summed E-state index contributed by atoms with van der Waals surface area (Å²) >= 11 is 3.34. The van der Waals surface area contributed by atoms with Crippen LogP contribution in [0.3, 0.4) is 0 Å². The molecular weight excluding hydrogens is 340 g/mol. The number of carbonyl (C=O) groups is 1. The largest absolute Gasteiger partial charge is 0.271 e. The molecule has 3 aromatic rings. The Bertz CT molecular complexity index is 858. The molecule has 22 heavy (non-hydrogen) atoms. The van der Waals surface area contributed by atoms with Crippen molar-refractivity contribution < 1.29 is 4.79 Å². The number of halogens is 1. The fourth-order valence-electron chi connectivity index (χ4n) is 2.15. The molecule has 3 rings (SSSR count). The Balaban J connectivity index is 1.72. The third-order valence-electron chi connectivity index (χ3n) is 3.24. The molecule has 0 radical (unpaired) electrons. The third-order valence-corrected chi connectivity index (χ3v) is 3.73. The van der Waals surface area contributed by atoms with Crippen LogP contribution >= 0.6 is 15.9 Å². The lowest BCUT2D eigenvalue weighted by atomic mass is 10.1. The van der Waals surface area contributed by atoms with Crippen LogP contribution in [0.25, 0.3) is 10.8 Å². The summed E-state index contributed by atoms with van der Waals surface area (Å²) in [5.74, 6) is -0.238. The second-order valence-electron chi connectivity index (χ2n) is 4.82. The lowest BCUT2D eigenvalue weighted by Crippen LogP contribution is -2.17. The lowest BCUT2D eigenvalue weighted by Gasteiger charge is -2.01. The standard InChI is InChI=1S/C18H13BrN2O/c19-17-7-3-6-16(11-17)18(22)21-20-12-13-8-9-14-4-1-2-5-15(14)10-13/h1-12H,(H,21,22). The second-order valence-corrected chi connectivity index (χ2v) is 5.73. The number of hydrazone groups is 1. The van der Waals surface area contributed by atoms with Crippen molar-refractivity contribution in [2.24, 2.45) is 5.10 Å². The quantitative estimate of drug-likeness (QED) is 0.552. The normalized spacial score (nSPS) is 11.0. The van der Waals surface area contributed by atoms with Crippen LogP contribution in [0, 0.1) is 0 Å². The SMILES string of the molecule is O=C(NN=Cc1ccc2ccccc2c1)c1cccc(Br)c1.